The Morgan fingerprint density at radius 2 is 1.85 bits per heavy atom. The van der Waals surface area contributed by atoms with Gasteiger partial charge in [0.1, 0.15) is 5.69 Å². The Kier molecular flexibility index (Phi) is 4.55. The topological polar surface area (TPSA) is 55.7 Å². The molecule has 2 heterocycles. The quantitative estimate of drug-likeness (QED) is 0.501. The number of benzene rings is 1. The second-order valence-corrected chi connectivity index (χ2v) is 7.17. The molecule has 3 aromatic rings. The van der Waals surface area contributed by atoms with E-state index in [2.05, 4.69) is 4.98 Å². The SMILES string of the molecule is CSc1cccc(-c2nc3c(c(-c4ccccc4C(C)=O)n2)CCC3)n1. The second kappa shape index (κ2) is 7.00. The molecule has 0 saturated carbocycles. The molecule has 0 fully saturated rings. The number of pyridine rings is 1. The molecule has 1 aliphatic rings. The van der Waals surface area contributed by atoms with Crippen LogP contribution in [-0.4, -0.2) is 27.0 Å². The summed E-state index contributed by atoms with van der Waals surface area (Å²) in [5.41, 5.74) is 5.50. The van der Waals surface area contributed by atoms with E-state index in [1.165, 1.54) is 5.56 Å². The van der Waals surface area contributed by atoms with Gasteiger partial charge in [-0.2, -0.15) is 0 Å². The van der Waals surface area contributed by atoms with Crippen LogP contribution in [0.15, 0.2) is 47.5 Å². The van der Waals surface area contributed by atoms with Crippen LogP contribution in [0.2, 0.25) is 0 Å². The molecule has 130 valence electrons. The van der Waals surface area contributed by atoms with Gasteiger partial charge in [0.2, 0.25) is 0 Å². The van der Waals surface area contributed by atoms with Gasteiger partial charge in [0.25, 0.3) is 0 Å². The van der Waals surface area contributed by atoms with Gasteiger partial charge in [-0.25, -0.2) is 15.0 Å². The van der Waals surface area contributed by atoms with Gasteiger partial charge in [-0.05, 0) is 44.6 Å². The lowest BCUT2D eigenvalue weighted by Crippen LogP contribution is -2.04. The Morgan fingerprint density at radius 1 is 1.00 bits per heavy atom. The highest BCUT2D eigenvalue weighted by Gasteiger charge is 2.23. The highest BCUT2D eigenvalue weighted by molar-refractivity contribution is 7.98. The van der Waals surface area contributed by atoms with E-state index in [9.17, 15) is 4.79 Å². The van der Waals surface area contributed by atoms with E-state index in [0.29, 0.717) is 11.4 Å². The van der Waals surface area contributed by atoms with Crippen molar-refractivity contribution in [1.29, 1.82) is 0 Å². The number of thioether (sulfide) groups is 1. The summed E-state index contributed by atoms with van der Waals surface area (Å²) >= 11 is 1.60. The third-order valence-electron chi connectivity index (χ3n) is 4.66. The van der Waals surface area contributed by atoms with Gasteiger partial charge in [0, 0.05) is 22.4 Å². The summed E-state index contributed by atoms with van der Waals surface area (Å²) in [6.45, 7) is 1.60. The van der Waals surface area contributed by atoms with Crippen LogP contribution in [0.4, 0.5) is 0 Å². The Balaban J connectivity index is 1.93. The minimum Gasteiger partial charge on any atom is -0.294 e. The molecule has 2 aromatic heterocycles. The van der Waals surface area contributed by atoms with Crippen molar-refractivity contribution in [1.82, 2.24) is 15.0 Å². The van der Waals surface area contributed by atoms with Crippen LogP contribution in [0.1, 0.15) is 35.0 Å². The maximum Gasteiger partial charge on any atom is 0.179 e. The first-order valence-electron chi connectivity index (χ1n) is 8.69. The van der Waals surface area contributed by atoms with Crippen molar-refractivity contribution >= 4 is 17.5 Å². The maximum absolute atomic E-state index is 12.1. The van der Waals surface area contributed by atoms with Crippen LogP contribution in [0, 0.1) is 0 Å². The first kappa shape index (κ1) is 16.9. The minimum atomic E-state index is 0.0509. The molecule has 1 aromatic carbocycles. The van der Waals surface area contributed by atoms with Crippen molar-refractivity contribution in [2.45, 2.75) is 31.2 Å². The van der Waals surface area contributed by atoms with Crippen molar-refractivity contribution in [2.75, 3.05) is 6.26 Å². The number of hydrogen-bond acceptors (Lipinski definition) is 5. The van der Waals surface area contributed by atoms with Crippen molar-refractivity contribution < 1.29 is 4.79 Å². The third kappa shape index (κ3) is 3.03. The number of carbonyl (C=O) groups excluding carboxylic acids is 1. The van der Waals surface area contributed by atoms with E-state index in [4.69, 9.17) is 9.97 Å². The molecular formula is C21H19N3OS. The molecule has 0 amide bonds. The highest BCUT2D eigenvalue weighted by Crippen LogP contribution is 2.34. The number of hydrogen-bond donors (Lipinski definition) is 0. The normalized spacial score (nSPS) is 12.8. The number of rotatable bonds is 4. The number of carbonyl (C=O) groups is 1. The Hall–Kier alpha value is -2.53. The second-order valence-electron chi connectivity index (χ2n) is 6.34. The van der Waals surface area contributed by atoms with Gasteiger partial charge in [-0.15, -0.1) is 11.8 Å². The van der Waals surface area contributed by atoms with Crippen LogP contribution < -0.4 is 0 Å². The van der Waals surface area contributed by atoms with Crippen molar-refractivity contribution in [2.24, 2.45) is 0 Å². The number of nitrogens with zero attached hydrogens (tertiary/aromatic N) is 3. The van der Waals surface area contributed by atoms with E-state index >= 15 is 0 Å². The number of aryl methyl sites for hydroxylation is 1. The fraction of sp³-hybridized carbons (Fsp3) is 0.238. The minimum absolute atomic E-state index is 0.0509. The largest absolute Gasteiger partial charge is 0.294 e. The Morgan fingerprint density at radius 3 is 2.65 bits per heavy atom. The molecule has 0 saturated heterocycles. The van der Waals surface area contributed by atoms with Crippen molar-refractivity contribution in [3.63, 3.8) is 0 Å². The van der Waals surface area contributed by atoms with Crippen LogP contribution in [0.25, 0.3) is 22.8 Å². The molecule has 26 heavy (non-hydrogen) atoms. The molecule has 4 nitrogen and oxygen atoms in total. The predicted molar refractivity (Wildman–Crippen MR) is 105 cm³/mol. The molecule has 0 atom stereocenters. The molecule has 4 rings (SSSR count). The van der Waals surface area contributed by atoms with Gasteiger partial charge in [0.05, 0.1) is 10.7 Å². The molecule has 0 unspecified atom stereocenters. The van der Waals surface area contributed by atoms with Gasteiger partial charge >= 0.3 is 0 Å². The monoisotopic (exact) mass is 361 g/mol. The lowest BCUT2D eigenvalue weighted by Gasteiger charge is -2.13. The number of Topliss-reactive ketones (excluding diaryl/α,β-unsaturated/α-hetero) is 1. The molecule has 0 radical (unpaired) electrons. The van der Waals surface area contributed by atoms with Crippen LogP contribution >= 0.6 is 11.8 Å². The van der Waals surface area contributed by atoms with E-state index in [-0.39, 0.29) is 5.78 Å². The molecular weight excluding hydrogens is 342 g/mol. The first-order chi connectivity index (χ1) is 12.7. The van der Waals surface area contributed by atoms with Gasteiger partial charge in [0.15, 0.2) is 11.6 Å². The standard InChI is InChI=1S/C21H19N3OS/c1-13(25)14-7-3-4-8-15(14)20-16-9-5-10-17(16)23-21(24-20)18-11-6-12-19(22-18)26-2/h3-4,6-8,11-12H,5,9-10H2,1-2H3. The average molecular weight is 361 g/mol. The predicted octanol–water partition coefficient (Wildman–Crippen LogP) is 4.62. The molecule has 0 bridgehead atoms. The molecule has 1 aliphatic carbocycles. The van der Waals surface area contributed by atoms with Crippen LogP contribution in [0.5, 0.6) is 0 Å². The number of fused-ring (bicyclic) bond motifs is 1. The summed E-state index contributed by atoms with van der Waals surface area (Å²) in [5.74, 6) is 0.685. The molecule has 0 aliphatic heterocycles. The van der Waals surface area contributed by atoms with Crippen LogP contribution in [0.3, 0.4) is 0 Å². The third-order valence-corrected chi connectivity index (χ3v) is 5.30. The molecule has 0 spiro atoms. The summed E-state index contributed by atoms with van der Waals surface area (Å²) in [6, 6.07) is 13.6. The first-order valence-corrected chi connectivity index (χ1v) is 9.91. The summed E-state index contributed by atoms with van der Waals surface area (Å²) < 4.78 is 0. The molecule has 5 heteroatoms. The smallest absolute Gasteiger partial charge is 0.179 e. The summed E-state index contributed by atoms with van der Waals surface area (Å²) in [6.07, 6.45) is 4.98. The van der Waals surface area contributed by atoms with Crippen molar-refractivity contribution in [3.8, 4) is 22.8 Å². The van der Waals surface area contributed by atoms with Gasteiger partial charge in [-0.1, -0.05) is 30.3 Å². The van der Waals surface area contributed by atoms with Gasteiger partial charge < -0.3 is 0 Å². The Labute approximate surface area is 157 Å². The maximum atomic E-state index is 12.1. The lowest BCUT2D eigenvalue weighted by atomic mass is 9.97. The summed E-state index contributed by atoms with van der Waals surface area (Å²) in [4.78, 5) is 26.4. The van der Waals surface area contributed by atoms with Gasteiger partial charge in [-0.3, -0.25) is 4.79 Å². The fourth-order valence-corrected chi connectivity index (χ4v) is 3.82. The Bertz CT molecular complexity index is 1000. The zero-order chi connectivity index (χ0) is 18.1. The fourth-order valence-electron chi connectivity index (χ4n) is 3.42. The average Bonchev–Trinajstić information content (AvgIpc) is 3.16. The van der Waals surface area contributed by atoms with Crippen LogP contribution in [-0.2, 0) is 12.8 Å². The van der Waals surface area contributed by atoms with E-state index in [1.54, 1.807) is 18.7 Å². The van der Waals surface area contributed by atoms with E-state index < -0.39 is 0 Å². The zero-order valence-electron chi connectivity index (χ0n) is 14.8. The number of aromatic nitrogens is 3. The number of ketones is 1. The molecule has 0 N–H and O–H groups in total. The highest BCUT2D eigenvalue weighted by atomic mass is 32.2. The summed E-state index contributed by atoms with van der Waals surface area (Å²) in [5, 5.41) is 0.942. The van der Waals surface area contributed by atoms with Crippen molar-refractivity contribution in [3.05, 3.63) is 59.3 Å². The van der Waals surface area contributed by atoms with E-state index in [1.807, 2.05) is 48.7 Å². The van der Waals surface area contributed by atoms with E-state index in [0.717, 1.165) is 46.9 Å². The summed E-state index contributed by atoms with van der Waals surface area (Å²) in [7, 11) is 0. The lowest BCUT2D eigenvalue weighted by molar-refractivity contribution is 0.101. The zero-order valence-corrected chi connectivity index (χ0v) is 15.6.